The first-order valence-electron chi connectivity index (χ1n) is 4.90. The van der Waals surface area contributed by atoms with Gasteiger partial charge in [-0.05, 0) is 0 Å². The van der Waals surface area contributed by atoms with Gasteiger partial charge in [0.25, 0.3) is 0 Å². The average molecular weight is 200 g/mol. The van der Waals surface area contributed by atoms with Gasteiger partial charge in [0.2, 0.25) is 5.91 Å². The lowest BCUT2D eigenvalue weighted by molar-refractivity contribution is -0.129. The maximum absolute atomic E-state index is 11.5. The maximum Gasteiger partial charge on any atom is 0.224 e. The van der Waals surface area contributed by atoms with Gasteiger partial charge in [-0.2, -0.15) is 0 Å². The highest BCUT2D eigenvalue weighted by molar-refractivity contribution is 5.79. The molecule has 0 radical (unpaired) electrons. The van der Waals surface area contributed by atoms with Crippen molar-refractivity contribution in [1.82, 2.24) is 4.90 Å². The van der Waals surface area contributed by atoms with Crippen LogP contribution in [0.25, 0.3) is 0 Å². The SMILES string of the molecule is COCC(C)(C)[C@H]1[C@H](N)CC(=O)N1C. The van der Waals surface area contributed by atoms with Gasteiger partial charge in [0.1, 0.15) is 0 Å². The van der Waals surface area contributed by atoms with Crippen LogP contribution >= 0.6 is 0 Å². The van der Waals surface area contributed by atoms with E-state index in [1.807, 2.05) is 7.05 Å². The Kier molecular flexibility index (Phi) is 3.17. The zero-order valence-electron chi connectivity index (χ0n) is 9.41. The highest BCUT2D eigenvalue weighted by atomic mass is 16.5. The smallest absolute Gasteiger partial charge is 0.224 e. The topological polar surface area (TPSA) is 55.6 Å². The van der Waals surface area contributed by atoms with E-state index >= 15 is 0 Å². The lowest BCUT2D eigenvalue weighted by Gasteiger charge is -2.37. The summed E-state index contributed by atoms with van der Waals surface area (Å²) >= 11 is 0. The van der Waals surface area contributed by atoms with E-state index in [-0.39, 0.29) is 23.4 Å². The van der Waals surface area contributed by atoms with Gasteiger partial charge in [0.15, 0.2) is 0 Å². The van der Waals surface area contributed by atoms with Gasteiger partial charge < -0.3 is 15.4 Å². The second-order valence-corrected chi connectivity index (χ2v) is 4.74. The van der Waals surface area contributed by atoms with E-state index in [0.717, 1.165) is 0 Å². The lowest BCUT2D eigenvalue weighted by Crippen LogP contribution is -2.50. The van der Waals surface area contributed by atoms with Crippen molar-refractivity contribution in [3.05, 3.63) is 0 Å². The largest absolute Gasteiger partial charge is 0.384 e. The molecule has 82 valence electrons. The molecule has 0 aromatic carbocycles. The Bertz CT molecular complexity index is 228. The number of rotatable bonds is 3. The van der Waals surface area contributed by atoms with Crippen LogP contribution in [0.15, 0.2) is 0 Å². The summed E-state index contributed by atoms with van der Waals surface area (Å²) in [6.45, 7) is 4.77. The van der Waals surface area contributed by atoms with Crippen LogP contribution < -0.4 is 5.73 Å². The molecule has 0 unspecified atom stereocenters. The van der Waals surface area contributed by atoms with Crippen LogP contribution in [-0.2, 0) is 9.53 Å². The van der Waals surface area contributed by atoms with Crippen LogP contribution in [0.2, 0.25) is 0 Å². The molecule has 2 atom stereocenters. The Hall–Kier alpha value is -0.610. The van der Waals surface area contributed by atoms with E-state index in [0.29, 0.717) is 13.0 Å². The van der Waals surface area contributed by atoms with Crippen LogP contribution in [0.3, 0.4) is 0 Å². The van der Waals surface area contributed by atoms with Gasteiger partial charge in [-0.25, -0.2) is 0 Å². The first-order chi connectivity index (χ1) is 6.40. The lowest BCUT2D eigenvalue weighted by atomic mass is 9.82. The minimum Gasteiger partial charge on any atom is -0.384 e. The molecule has 1 saturated heterocycles. The highest BCUT2D eigenvalue weighted by Crippen LogP contribution is 2.32. The van der Waals surface area contributed by atoms with Crippen molar-refractivity contribution in [2.45, 2.75) is 32.4 Å². The molecule has 0 aromatic rings. The first kappa shape index (κ1) is 11.5. The van der Waals surface area contributed by atoms with E-state index in [2.05, 4.69) is 13.8 Å². The second-order valence-electron chi connectivity index (χ2n) is 4.74. The molecule has 0 spiro atoms. The zero-order valence-corrected chi connectivity index (χ0v) is 9.41. The van der Waals surface area contributed by atoms with Gasteiger partial charge in [0, 0.05) is 32.0 Å². The van der Waals surface area contributed by atoms with Crippen molar-refractivity contribution in [3.63, 3.8) is 0 Å². The molecule has 0 aliphatic carbocycles. The Morgan fingerprint density at radius 3 is 2.57 bits per heavy atom. The number of carbonyl (C=O) groups is 1. The fourth-order valence-electron chi connectivity index (χ4n) is 2.46. The Morgan fingerprint density at radius 2 is 2.21 bits per heavy atom. The number of likely N-dealkylation sites (N-methyl/N-ethyl adjacent to an activating group) is 1. The molecule has 1 aliphatic heterocycles. The summed E-state index contributed by atoms with van der Waals surface area (Å²) in [5.74, 6) is 0.131. The third kappa shape index (κ3) is 1.91. The molecule has 1 fully saturated rings. The minimum atomic E-state index is -0.0882. The number of hydrogen-bond acceptors (Lipinski definition) is 3. The van der Waals surface area contributed by atoms with Gasteiger partial charge in [-0.1, -0.05) is 13.8 Å². The van der Waals surface area contributed by atoms with Crippen molar-refractivity contribution in [2.75, 3.05) is 20.8 Å². The van der Waals surface area contributed by atoms with Crippen molar-refractivity contribution < 1.29 is 9.53 Å². The van der Waals surface area contributed by atoms with Crippen LogP contribution in [-0.4, -0.2) is 43.7 Å². The maximum atomic E-state index is 11.5. The summed E-state index contributed by atoms with van der Waals surface area (Å²) < 4.78 is 5.16. The molecule has 4 nitrogen and oxygen atoms in total. The van der Waals surface area contributed by atoms with Crippen molar-refractivity contribution in [3.8, 4) is 0 Å². The highest BCUT2D eigenvalue weighted by Gasteiger charge is 2.44. The molecule has 0 saturated carbocycles. The van der Waals surface area contributed by atoms with E-state index in [9.17, 15) is 4.79 Å². The molecular formula is C10H20N2O2. The molecular weight excluding hydrogens is 180 g/mol. The summed E-state index contributed by atoms with van der Waals surface area (Å²) in [7, 11) is 3.49. The van der Waals surface area contributed by atoms with Crippen molar-refractivity contribution in [2.24, 2.45) is 11.1 Å². The molecule has 0 aromatic heterocycles. The van der Waals surface area contributed by atoms with E-state index in [4.69, 9.17) is 10.5 Å². The summed E-state index contributed by atoms with van der Waals surface area (Å²) in [5, 5.41) is 0. The number of methoxy groups -OCH3 is 1. The molecule has 0 bridgehead atoms. The van der Waals surface area contributed by atoms with E-state index in [1.54, 1.807) is 12.0 Å². The predicted molar refractivity (Wildman–Crippen MR) is 54.8 cm³/mol. The zero-order chi connectivity index (χ0) is 10.9. The van der Waals surface area contributed by atoms with Gasteiger partial charge in [-0.3, -0.25) is 4.79 Å². The number of nitrogens with two attached hydrogens (primary N) is 1. The van der Waals surface area contributed by atoms with Crippen molar-refractivity contribution in [1.29, 1.82) is 0 Å². The molecule has 4 heteroatoms. The van der Waals surface area contributed by atoms with E-state index in [1.165, 1.54) is 0 Å². The third-order valence-electron chi connectivity index (χ3n) is 2.94. The fourth-order valence-corrected chi connectivity index (χ4v) is 2.46. The Labute approximate surface area is 85.4 Å². The Balaban J connectivity index is 2.80. The fraction of sp³-hybridized carbons (Fsp3) is 0.900. The molecule has 1 aliphatic rings. The summed E-state index contributed by atoms with van der Waals surface area (Å²) in [4.78, 5) is 13.2. The third-order valence-corrected chi connectivity index (χ3v) is 2.94. The van der Waals surface area contributed by atoms with Crippen LogP contribution in [0.4, 0.5) is 0 Å². The van der Waals surface area contributed by atoms with Crippen LogP contribution in [0.5, 0.6) is 0 Å². The van der Waals surface area contributed by atoms with Crippen LogP contribution in [0, 0.1) is 5.41 Å². The average Bonchev–Trinajstić information content (AvgIpc) is 2.26. The molecule has 1 rings (SSSR count). The number of amides is 1. The normalized spacial score (nSPS) is 28.6. The predicted octanol–water partition coefficient (Wildman–Crippen LogP) is 0.217. The van der Waals surface area contributed by atoms with Gasteiger partial charge in [-0.15, -0.1) is 0 Å². The van der Waals surface area contributed by atoms with Crippen LogP contribution in [0.1, 0.15) is 20.3 Å². The van der Waals surface area contributed by atoms with Crippen molar-refractivity contribution >= 4 is 5.91 Å². The quantitative estimate of drug-likeness (QED) is 0.709. The number of likely N-dealkylation sites (tertiary alicyclic amines) is 1. The summed E-state index contributed by atoms with van der Waals surface area (Å²) in [6, 6.07) is 0.00704. The molecule has 14 heavy (non-hydrogen) atoms. The number of ether oxygens (including phenoxy) is 1. The summed E-state index contributed by atoms with van der Waals surface area (Å²) in [5.41, 5.74) is 5.87. The minimum absolute atomic E-state index is 0.0716. The number of hydrogen-bond donors (Lipinski definition) is 1. The first-order valence-corrected chi connectivity index (χ1v) is 4.90. The van der Waals surface area contributed by atoms with Gasteiger partial charge in [0.05, 0.1) is 12.6 Å². The Morgan fingerprint density at radius 1 is 1.64 bits per heavy atom. The van der Waals surface area contributed by atoms with E-state index < -0.39 is 0 Å². The monoisotopic (exact) mass is 200 g/mol. The molecule has 2 N–H and O–H groups in total. The van der Waals surface area contributed by atoms with Gasteiger partial charge >= 0.3 is 0 Å². The molecule has 1 heterocycles. The summed E-state index contributed by atoms with van der Waals surface area (Å²) in [6.07, 6.45) is 0.453. The number of carbonyl (C=O) groups excluding carboxylic acids is 1. The number of nitrogens with zero attached hydrogens (tertiary/aromatic N) is 1. The molecule has 1 amide bonds. The second kappa shape index (κ2) is 3.87. The standard InChI is InChI=1S/C10H20N2O2/c1-10(2,6-14-4)9-7(11)5-8(13)12(9)3/h7,9H,5-6,11H2,1-4H3/t7-,9-/m1/s1.